The quantitative estimate of drug-likeness (QED) is 0.706. The van der Waals surface area contributed by atoms with E-state index >= 15 is 0 Å². The van der Waals surface area contributed by atoms with E-state index in [1.807, 2.05) is 13.8 Å². The molecule has 0 fully saturated rings. The average Bonchev–Trinajstić information content (AvgIpc) is 2.39. The van der Waals surface area contributed by atoms with Gasteiger partial charge in [-0.05, 0) is 24.5 Å². The van der Waals surface area contributed by atoms with Gasteiger partial charge in [0.25, 0.3) is 0 Å². The minimum Gasteiger partial charge on any atom is -0.504 e. The topological polar surface area (TPSA) is 78.4 Å². The van der Waals surface area contributed by atoms with Crippen molar-refractivity contribution in [2.24, 2.45) is 5.92 Å². The summed E-state index contributed by atoms with van der Waals surface area (Å²) in [5.74, 6) is -0.323. The standard InChI is InChI=1S/C14H19ClN2O3/c1-9(2)6-7-12(18)16-8-13(19)17-11-5-3-4-10(15)14(11)20/h3-5,9,20H,6-8H2,1-2H3,(H,16,18)(H,17,19). The molecule has 0 radical (unpaired) electrons. The molecule has 0 spiro atoms. The molecule has 0 saturated carbocycles. The van der Waals surface area contributed by atoms with Crippen LogP contribution in [-0.4, -0.2) is 23.5 Å². The van der Waals surface area contributed by atoms with Crippen LogP contribution in [0.2, 0.25) is 5.02 Å². The number of aromatic hydroxyl groups is 1. The monoisotopic (exact) mass is 298 g/mol. The number of phenolic OH excluding ortho intramolecular Hbond substituents is 1. The molecule has 2 amide bonds. The third-order valence-electron chi connectivity index (χ3n) is 2.66. The van der Waals surface area contributed by atoms with Gasteiger partial charge in [0.2, 0.25) is 11.8 Å². The summed E-state index contributed by atoms with van der Waals surface area (Å²) in [4.78, 5) is 23.1. The van der Waals surface area contributed by atoms with E-state index in [-0.39, 0.29) is 28.9 Å². The van der Waals surface area contributed by atoms with E-state index in [4.69, 9.17) is 11.6 Å². The molecule has 1 aromatic carbocycles. The predicted octanol–water partition coefficient (Wildman–Crippen LogP) is 2.54. The first-order chi connectivity index (χ1) is 9.40. The van der Waals surface area contributed by atoms with Gasteiger partial charge in [-0.1, -0.05) is 31.5 Å². The minimum atomic E-state index is -0.416. The lowest BCUT2D eigenvalue weighted by atomic mass is 10.1. The van der Waals surface area contributed by atoms with Crippen LogP contribution < -0.4 is 10.6 Å². The maximum Gasteiger partial charge on any atom is 0.243 e. The summed E-state index contributed by atoms with van der Waals surface area (Å²) in [6.45, 7) is 3.92. The molecule has 1 aromatic rings. The lowest BCUT2D eigenvalue weighted by Crippen LogP contribution is -2.32. The molecule has 1 rings (SSSR count). The Morgan fingerprint density at radius 1 is 1.30 bits per heavy atom. The number of halogens is 1. The lowest BCUT2D eigenvalue weighted by Gasteiger charge is -2.09. The second kappa shape index (κ2) is 7.75. The van der Waals surface area contributed by atoms with Gasteiger partial charge in [-0.3, -0.25) is 9.59 Å². The number of rotatable bonds is 6. The van der Waals surface area contributed by atoms with Crippen molar-refractivity contribution in [3.63, 3.8) is 0 Å². The molecule has 0 unspecified atom stereocenters. The fraction of sp³-hybridized carbons (Fsp3) is 0.429. The number of hydrogen-bond acceptors (Lipinski definition) is 3. The summed E-state index contributed by atoms with van der Waals surface area (Å²) in [5, 5.41) is 14.8. The predicted molar refractivity (Wildman–Crippen MR) is 78.8 cm³/mol. The molecular weight excluding hydrogens is 280 g/mol. The second-order valence-corrected chi connectivity index (χ2v) is 5.30. The van der Waals surface area contributed by atoms with Crippen molar-refractivity contribution in [3.8, 4) is 5.75 Å². The van der Waals surface area contributed by atoms with Crippen LogP contribution in [0.4, 0.5) is 5.69 Å². The minimum absolute atomic E-state index is 0.136. The highest BCUT2D eigenvalue weighted by molar-refractivity contribution is 6.32. The molecule has 6 heteroatoms. The van der Waals surface area contributed by atoms with Gasteiger partial charge in [-0.25, -0.2) is 0 Å². The van der Waals surface area contributed by atoms with E-state index < -0.39 is 5.91 Å². The first-order valence-electron chi connectivity index (χ1n) is 6.44. The highest BCUT2D eigenvalue weighted by atomic mass is 35.5. The van der Waals surface area contributed by atoms with E-state index in [0.29, 0.717) is 12.3 Å². The fourth-order valence-corrected chi connectivity index (χ4v) is 1.67. The maximum atomic E-state index is 11.6. The van der Waals surface area contributed by atoms with Crippen LogP contribution in [0, 0.1) is 5.92 Å². The van der Waals surface area contributed by atoms with Crippen molar-refractivity contribution in [1.82, 2.24) is 5.32 Å². The second-order valence-electron chi connectivity index (χ2n) is 4.89. The van der Waals surface area contributed by atoms with E-state index in [1.165, 1.54) is 12.1 Å². The molecule has 5 nitrogen and oxygen atoms in total. The molecular formula is C14H19ClN2O3. The van der Waals surface area contributed by atoms with Crippen LogP contribution in [0.3, 0.4) is 0 Å². The summed E-state index contributed by atoms with van der Waals surface area (Å²) < 4.78 is 0. The van der Waals surface area contributed by atoms with Crippen molar-refractivity contribution in [1.29, 1.82) is 0 Å². The van der Waals surface area contributed by atoms with Crippen LogP contribution >= 0.6 is 11.6 Å². The molecule has 0 aliphatic carbocycles. The van der Waals surface area contributed by atoms with Crippen molar-refractivity contribution in [3.05, 3.63) is 23.2 Å². The summed E-state index contributed by atoms with van der Waals surface area (Å²) in [5.41, 5.74) is 0.221. The Kier molecular flexibility index (Phi) is 6.31. The SMILES string of the molecule is CC(C)CCC(=O)NCC(=O)Nc1cccc(Cl)c1O. The number of carbonyl (C=O) groups is 2. The third-order valence-corrected chi connectivity index (χ3v) is 2.96. The third kappa shape index (κ3) is 5.48. The summed E-state index contributed by atoms with van der Waals surface area (Å²) in [6, 6.07) is 4.65. The van der Waals surface area contributed by atoms with E-state index in [2.05, 4.69) is 10.6 Å². The summed E-state index contributed by atoms with van der Waals surface area (Å²) in [7, 11) is 0. The fourth-order valence-electron chi connectivity index (χ4n) is 1.50. The van der Waals surface area contributed by atoms with Gasteiger partial charge in [-0.2, -0.15) is 0 Å². The van der Waals surface area contributed by atoms with Crippen LogP contribution in [0.15, 0.2) is 18.2 Å². The largest absolute Gasteiger partial charge is 0.504 e. The van der Waals surface area contributed by atoms with Gasteiger partial charge >= 0.3 is 0 Å². The Hall–Kier alpha value is -1.75. The highest BCUT2D eigenvalue weighted by Gasteiger charge is 2.10. The van der Waals surface area contributed by atoms with Gasteiger partial charge in [0, 0.05) is 6.42 Å². The Balaban J connectivity index is 2.40. The number of benzene rings is 1. The first-order valence-corrected chi connectivity index (χ1v) is 6.82. The van der Waals surface area contributed by atoms with Crippen molar-refractivity contribution in [2.45, 2.75) is 26.7 Å². The number of hydrogen-bond donors (Lipinski definition) is 3. The number of para-hydroxylation sites is 1. The Bertz CT molecular complexity index is 489. The number of carbonyl (C=O) groups excluding carboxylic acids is 2. The van der Waals surface area contributed by atoms with E-state index in [0.717, 1.165) is 6.42 Å². The van der Waals surface area contributed by atoms with Crippen LogP contribution in [-0.2, 0) is 9.59 Å². The van der Waals surface area contributed by atoms with Gasteiger partial charge in [0.05, 0.1) is 17.3 Å². The smallest absolute Gasteiger partial charge is 0.243 e. The lowest BCUT2D eigenvalue weighted by molar-refractivity contribution is -0.124. The van der Waals surface area contributed by atoms with Gasteiger partial charge in [-0.15, -0.1) is 0 Å². The maximum absolute atomic E-state index is 11.6. The number of amides is 2. The van der Waals surface area contributed by atoms with Crippen LogP contribution in [0.5, 0.6) is 5.75 Å². The van der Waals surface area contributed by atoms with Gasteiger partial charge in [0.15, 0.2) is 5.75 Å². The van der Waals surface area contributed by atoms with Gasteiger partial charge in [0.1, 0.15) is 0 Å². The molecule has 20 heavy (non-hydrogen) atoms. The molecule has 0 bridgehead atoms. The van der Waals surface area contributed by atoms with E-state index in [9.17, 15) is 14.7 Å². The summed E-state index contributed by atoms with van der Waals surface area (Å²) in [6.07, 6.45) is 1.18. The molecule has 0 aliphatic heterocycles. The Labute approximate surface area is 123 Å². The molecule has 0 heterocycles. The van der Waals surface area contributed by atoms with Gasteiger partial charge < -0.3 is 15.7 Å². The zero-order chi connectivity index (χ0) is 15.1. The molecule has 0 aliphatic rings. The molecule has 110 valence electrons. The first kappa shape index (κ1) is 16.3. The number of anilines is 1. The molecule has 3 N–H and O–H groups in total. The summed E-state index contributed by atoms with van der Waals surface area (Å²) >= 11 is 5.72. The normalized spacial score (nSPS) is 10.4. The van der Waals surface area contributed by atoms with Crippen LogP contribution in [0.25, 0.3) is 0 Å². The van der Waals surface area contributed by atoms with Crippen molar-refractivity contribution in [2.75, 3.05) is 11.9 Å². The number of nitrogens with one attached hydrogen (secondary N) is 2. The Morgan fingerprint density at radius 2 is 2.00 bits per heavy atom. The number of phenols is 1. The average molecular weight is 299 g/mol. The van der Waals surface area contributed by atoms with E-state index in [1.54, 1.807) is 6.07 Å². The zero-order valence-corrected chi connectivity index (χ0v) is 12.3. The van der Waals surface area contributed by atoms with Crippen molar-refractivity contribution < 1.29 is 14.7 Å². The molecule has 0 saturated heterocycles. The van der Waals surface area contributed by atoms with Crippen molar-refractivity contribution >= 4 is 29.1 Å². The van der Waals surface area contributed by atoms with Crippen LogP contribution in [0.1, 0.15) is 26.7 Å². The Morgan fingerprint density at radius 3 is 2.65 bits per heavy atom. The molecule has 0 aromatic heterocycles. The highest BCUT2D eigenvalue weighted by Crippen LogP contribution is 2.30. The zero-order valence-electron chi connectivity index (χ0n) is 11.6. The molecule has 0 atom stereocenters.